The quantitative estimate of drug-likeness (QED) is 0.727. The maximum absolute atomic E-state index is 12.5. The standard InChI is InChI=1S/C18H20N2O4/c1-20(2)11-13-12-6-3-4-7-15(12)24-17(13)18(22)19-10-14(21)16-8-5-9-23-16/h3-9,14,21H,10-11H2,1-2H3,(H,19,22)/t14-/m0/s1. The second kappa shape index (κ2) is 6.90. The van der Waals surface area contributed by atoms with Crippen LogP contribution in [0.15, 0.2) is 51.5 Å². The molecule has 0 aliphatic heterocycles. The van der Waals surface area contributed by atoms with Crippen LogP contribution >= 0.6 is 0 Å². The number of carbonyl (C=O) groups excluding carboxylic acids is 1. The maximum Gasteiger partial charge on any atom is 0.287 e. The van der Waals surface area contributed by atoms with E-state index in [9.17, 15) is 9.90 Å². The van der Waals surface area contributed by atoms with Gasteiger partial charge in [0, 0.05) is 17.5 Å². The molecule has 2 N–H and O–H groups in total. The summed E-state index contributed by atoms with van der Waals surface area (Å²) in [5.74, 6) is 0.332. The number of carbonyl (C=O) groups is 1. The Balaban J connectivity index is 1.81. The normalized spacial score (nSPS) is 12.7. The van der Waals surface area contributed by atoms with Gasteiger partial charge in [0.1, 0.15) is 17.4 Å². The zero-order valence-corrected chi connectivity index (χ0v) is 13.7. The van der Waals surface area contributed by atoms with Gasteiger partial charge in [-0.15, -0.1) is 0 Å². The molecule has 1 amide bonds. The molecule has 0 spiro atoms. The molecule has 1 aromatic carbocycles. The van der Waals surface area contributed by atoms with Gasteiger partial charge in [0.2, 0.25) is 0 Å². The number of furan rings is 2. The molecule has 1 atom stereocenters. The molecule has 3 aromatic rings. The number of benzene rings is 1. The first-order chi connectivity index (χ1) is 11.6. The SMILES string of the molecule is CN(C)Cc1c(C(=O)NC[C@H](O)c2ccco2)oc2ccccc12. The molecule has 0 bridgehead atoms. The number of aliphatic hydroxyl groups is 1. The van der Waals surface area contributed by atoms with E-state index >= 15 is 0 Å². The lowest BCUT2D eigenvalue weighted by Gasteiger charge is -2.11. The summed E-state index contributed by atoms with van der Waals surface area (Å²) < 4.78 is 10.9. The average Bonchev–Trinajstić information content (AvgIpc) is 3.20. The molecular weight excluding hydrogens is 308 g/mol. The Kier molecular flexibility index (Phi) is 4.69. The topological polar surface area (TPSA) is 78.9 Å². The van der Waals surface area contributed by atoms with Gasteiger partial charge in [-0.2, -0.15) is 0 Å². The predicted molar refractivity (Wildman–Crippen MR) is 89.6 cm³/mol. The van der Waals surface area contributed by atoms with Crippen molar-refractivity contribution in [2.45, 2.75) is 12.6 Å². The average molecular weight is 328 g/mol. The van der Waals surface area contributed by atoms with E-state index in [4.69, 9.17) is 8.83 Å². The monoisotopic (exact) mass is 328 g/mol. The lowest BCUT2D eigenvalue weighted by Crippen LogP contribution is -2.29. The Hall–Kier alpha value is -2.57. The summed E-state index contributed by atoms with van der Waals surface area (Å²) in [7, 11) is 3.87. The first kappa shape index (κ1) is 16.3. The number of nitrogens with zero attached hydrogens (tertiary/aromatic N) is 1. The van der Waals surface area contributed by atoms with Crippen molar-refractivity contribution in [2.24, 2.45) is 0 Å². The van der Waals surface area contributed by atoms with Gasteiger partial charge < -0.3 is 24.2 Å². The van der Waals surface area contributed by atoms with Crippen LogP contribution in [0.1, 0.15) is 28.0 Å². The van der Waals surface area contributed by atoms with Crippen molar-refractivity contribution >= 4 is 16.9 Å². The minimum absolute atomic E-state index is 0.0464. The van der Waals surface area contributed by atoms with E-state index < -0.39 is 6.10 Å². The molecule has 0 aliphatic carbocycles. The van der Waals surface area contributed by atoms with Crippen LogP contribution in [0.25, 0.3) is 11.0 Å². The molecule has 0 aliphatic rings. The first-order valence-corrected chi connectivity index (χ1v) is 7.71. The lowest BCUT2D eigenvalue weighted by atomic mass is 10.1. The maximum atomic E-state index is 12.5. The Morgan fingerprint density at radius 3 is 2.75 bits per heavy atom. The summed E-state index contributed by atoms with van der Waals surface area (Å²) in [5.41, 5.74) is 1.51. The summed E-state index contributed by atoms with van der Waals surface area (Å²) >= 11 is 0. The fourth-order valence-corrected chi connectivity index (χ4v) is 2.61. The van der Waals surface area contributed by atoms with Crippen molar-refractivity contribution in [1.29, 1.82) is 0 Å². The Bertz CT molecular complexity index is 821. The molecule has 6 heteroatoms. The van der Waals surface area contributed by atoms with Crippen molar-refractivity contribution in [3.8, 4) is 0 Å². The van der Waals surface area contributed by atoms with Gasteiger partial charge in [0.15, 0.2) is 5.76 Å². The zero-order chi connectivity index (χ0) is 17.1. The van der Waals surface area contributed by atoms with Crippen molar-refractivity contribution in [3.05, 3.63) is 59.7 Å². The van der Waals surface area contributed by atoms with Gasteiger partial charge in [-0.05, 0) is 32.3 Å². The minimum Gasteiger partial charge on any atom is -0.467 e. The second-order valence-corrected chi connectivity index (χ2v) is 5.88. The van der Waals surface area contributed by atoms with Crippen molar-refractivity contribution < 1.29 is 18.7 Å². The number of aliphatic hydroxyl groups excluding tert-OH is 1. The molecule has 0 unspecified atom stereocenters. The summed E-state index contributed by atoms with van der Waals surface area (Å²) in [6, 6.07) is 10.9. The van der Waals surface area contributed by atoms with E-state index in [1.807, 2.05) is 43.3 Å². The number of para-hydroxylation sites is 1. The molecule has 3 rings (SSSR count). The number of hydrogen-bond acceptors (Lipinski definition) is 5. The Labute approximate surface area is 139 Å². The van der Waals surface area contributed by atoms with Crippen LogP contribution in [-0.4, -0.2) is 36.6 Å². The Morgan fingerprint density at radius 1 is 1.25 bits per heavy atom. The van der Waals surface area contributed by atoms with Crippen molar-refractivity contribution in [2.75, 3.05) is 20.6 Å². The van der Waals surface area contributed by atoms with Crippen LogP contribution in [0.3, 0.4) is 0 Å². The van der Waals surface area contributed by atoms with Crippen LogP contribution in [-0.2, 0) is 6.54 Å². The fourth-order valence-electron chi connectivity index (χ4n) is 2.61. The van der Waals surface area contributed by atoms with Crippen molar-refractivity contribution in [1.82, 2.24) is 10.2 Å². The van der Waals surface area contributed by atoms with Crippen LogP contribution < -0.4 is 5.32 Å². The molecule has 0 saturated carbocycles. The number of nitrogens with one attached hydrogen (secondary N) is 1. The van der Waals surface area contributed by atoms with Gasteiger partial charge in [-0.3, -0.25) is 4.79 Å². The summed E-state index contributed by atoms with van der Waals surface area (Å²) in [5, 5.41) is 13.6. The van der Waals surface area contributed by atoms with Gasteiger partial charge in [0.05, 0.1) is 12.8 Å². The van der Waals surface area contributed by atoms with E-state index in [1.165, 1.54) is 6.26 Å². The van der Waals surface area contributed by atoms with E-state index in [1.54, 1.807) is 12.1 Å². The van der Waals surface area contributed by atoms with Crippen molar-refractivity contribution in [3.63, 3.8) is 0 Å². The molecule has 6 nitrogen and oxygen atoms in total. The highest BCUT2D eigenvalue weighted by Crippen LogP contribution is 2.27. The molecule has 0 radical (unpaired) electrons. The largest absolute Gasteiger partial charge is 0.467 e. The van der Waals surface area contributed by atoms with E-state index in [2.05, 4.69) is 5.32 Å². The van der Waals surface area contributed by atoms with Crippen LogP contribution in [0.2, 0.25) is 0 Å². The molecule has 126 valence electrons. The summed E-state index contributed by atoms with van der Waals surface area (Å²) in [4.78, 5) is 14.5. The minimum atomic E-state index is -0.898. The number of amides is 1. The third kappa shape index (κ3) is 3.34. The van der Waals surface area contributed by atoms with Gasteiger partial charge in [0.25, 0.3) is 5.91 Å². The highest BCUT2D eigenvalue weighted by molar-refractivity contribution is 5.99. The van der Waals surface area contributed by atoms with Crippen LogP contribution in [0.4, 0.5) is 0 Å². The summed E-state index contributed by atoms with van der Waals surface area (Å²) in [6.07, 6.45) is 0.583. The molecular formula is C18H20N2O4. The lowest BCUT2D eigenvalue weighted by molar-refractivity contribution is 0.0874. The van der Waals surface area contributed by atoms with Crippen LogP contribution in [0.5, 0.6) is 0 Å². The fraction of sp³-hybridized carbons (Fsp3) is 0.278. The Morgan fingerprint density at radius 2 is 2.04 bits per heavy atom. The predicted octanol–water partition coefficient (Wildman–Crippen LogP) is 2.55. The van der Waals surface area contributed by atoms with Gasteiger partial charge in [-0.25, -0.2) is 0 Å². The highest BCUT2D eigenvalue weighted by atomic mass is 16.4. The number of hydrogen-bond donors (Lipinski definition) is 2. The van der Waals surface area contributed by atoms with E-state index in [0.717, 1.165) is 10.9 Å². The van der Waals surface area contributed by atoms with E-state index in [-0.39, 0.29) is 18.2 Å². The van der Waals surface area contributed by atoms with Gasteiger partial charge in [-0.1, -0.05) is 18.2 Å². The highest BCUT2D eigenvalue weighted by Gasteiger charge is 2.22. The molecule has 2 aromatic heterocycles. The zero-order valence-electron chi connectivity index (χ0n) is 13.7. The van der Waals surface area contributed by atoms with E-state index in [0.29, 0.717) is 17.9 Å². The molecule has 24 heavy (non-hydrogen) atoms. The van der Waals surface area contributed by atoms with Gasteiger partial charge >= 0.3 is 0 Å². The summed E-state index contributed by atoms with van der Waals surface area (Å²) in [6.45, 7) is 0.630. The number of rotatable bonds is 6. The molecule has 0 saturated heterocycles. The molecule has 2 heterocycles. The third-order valence-corrected chi connectivity index (χ3v) is 3.71. The van der Waals surface area contributed by atoms with Crippen LogP contribution in [0, 0.1) is 0 Å². The number of fused-ring (bicyclic) bond motifs is 1. The first-order valence-electron chi connectivity index (χ1n) is 7.71. The smallest absolute Gasteiger partial charge is 0.287 e. The second-order valence-electron chi connectivity index (χ2n) is 5.88. The molecule has 0 fully saturated rings. The third-order valence-electron chi connectivity index (χ3n) is 3.71.